The zero-order valence-corrected chi connectivity index (χ0v) is 41.3. The molecule has 1 saturated heterocycles. The van der Waals surface area contributed by atoms with Gasteiger partial charge in [0.25, 0.3) is 0 Å². The molecule has 3 saturated carbocycles. The highest BCUT2D eigenvalue weighted by Gasteiger charge is 2.59. The lowest BCUT2D eigenvalue weighted by Crippen LogP contribution is -2.51. The topological polar surface area (TPSA) is 66.5 Å². The molecule has 9 atom stereocenters. The van der Waals surface area contributed by atoms with Crippen molar-refractivity contribution in [3.05, 3.63) is 23.8 Å². The summed E-state index contributed by atoms with van der Waals surface area (Å²) in [5, 5.41) is 0. The lowest BCUT2D eigenvalue weighted by Gasteiger charge is -2.58. The maximum absolute atomic E-state index is 13.0. The summed E-state index contributed by atoms with van der Waals surface area (Å²) < 4.78 is 29.6. The van der Waals surface area contributed by atoms with E-state index in [0.717, 1.165) is 101 Å². The van der Waals surface area contributed by atoms with Gasteiger partial charge in [-0.1, -0.05) is 142 Å². The number of fused-ring (bicyclic) bond motifs is 5. The van der Waals surface area contributed by atoms with Crippen molar-refractivity contribution in [1.29, 1.82) is 0 Å². The lowest BCUT2D eigenvalue weighted by atomic mass is 9.47. The molecule has 0 aromatic carbocycles. The summed E-state index contributed by atoms with van der Waals surface area (Å²) in [6, 6.07) is 0. The largest absolute Gasteiger partial charge is 0.508 e. The lowest BCUT2D eigenvalue weighted by molar-refractivity contribution is -0.0696. The predicted octanol–water partition coefficient (Wildman–Crippen LogP) is 14.3. The molecule has 0 radical (unpaired) electrons. The van der Waals surface area contributed by atoms with E-state index >= 15 is 0 Å². The van der Waals surface area contributed by atoms with Crippen molar-refractivity contribution in [3.8, 4) is 0 Å². The van der Waals surface area contributed by atoms with Gasteiger partial charge in [-0.3, -0.25) is 4.90 Å². The van der Waals surface area contributed by atoms with Gasteiger partial charge in [-0.05, 0) is 123 Å². The average Bonchev–Trinajstić information content (AvgIpc) is 3.62. The number of unbranched alkanes of at least 4 members (excludes halogenated alkanes) is 12. The molecule has 0 N–H and O–H groups in total. The van der Waals surface area contributed by atoms with Crippen LogP contribution >= 0.6 is 0 Å². The first kappa shape index (κ1) is 51.6. The Balaban J connectivity index is 0.944. The molecular formula is C55H97NO6. The number of carbonyl (C=O) groups excluding carboxylic acids is 1. The van der Waals surface area contributed by atoms with Crippen LogP contribution in [0.15, 0.2) is 23.8 Å². The highest BCUT2D eigenvalue weighted by molar-refractivity contribution is 5.60. The Morgan fingerprint density at radius 3 is 2.24 bits per heavy atom. The Kier molecular flexibility index (Phi) is 23.2. The smallest absolute Gasteiger partial charge is 0.432 e. The first-order valence-corrected chi connectivity index (χ1v) is 26.8. The van der Waals surface area contributed by atoms with E-state index in [1.807, 2.05) is 0 Å². The Morgan fingerprint density at radius 2 is 1.52 bits per heavy atom. The van der Waals surface area contributed by atoms with Gasteiger partial charge < -0.3 is 23.7 Å². The summed E-state index contributed by atoms with van der Waals surface area (Å²) in [7, 11) is 0. The second-order valence-corrected chi connectivity index (χ2v) is 21.8. The molecular weight excluding hydrogens is 771 g/mol. The molecule has 4 fully saturated rings. The molecule has 4 unspecified atom stereocenters. The number of hydrogen-bond donors (Lipinski definition) is 0. The van der Waals surface area contributed by atoms with E-state index in [-0.39, 0.29) is 24.2 Å². The Hall–Kier alpha value is -1.41. The van der Waals surface area contributed by atoms with E-state index in [9.17, 15) is 4.79 Å². The van der Waals surface area contributed by atoms with Crippen LogP contribution in [-0.4, -0.2) is 82.5 Å². The molecule has 0 amide bonds. The Morgan fingerprint density at radius 1 is 0.806 bits per heavy atom. The molecule has 5 rings (SSSR count). The van der Waals surface area contributed by atoms with Gasteiger partial charge in [0.2, 0.25) is 0 Å². The van der Waals surface area contributed by atoms with Crippen molar-refractivity contribution in [2.45, 2.75) is 214 Å². The number of rotatable bonds is 30. The number of allylic oxidation sites excluding steroid dienone is 3. The van der Waals surface area contributed by atoms with E-state index in [0.29, 0.717) is 18.6 Å². The second-order valence-electron chi connectivity index (χ2n) is 21.8. The molecule has 4 aliphatic carbocycles. The normalized spacial score (nSPS) is 29.9. The number of ether oxygens (including phenoxy) is 5. The molecule has 1 heterocycles. The van der Waals surface area contributed by atoms with E-state index in [4.69, 9.17) is 23.7 Å². The third kappa shape index (κ3) is 16.2. The fourth-order valence-corrected chi connectivity index (χ4v) is 13.2. The third-order valence-electron chi connectivity index (χ3n) is 16.8. The minimum Gasteiger partial charge on any atom is -0.432 e. The van der Waals surface area contributed by atoms with Gasteiger partial charge in [0.05, 0.1) is 32.5 Å². The molecule has 0 bridgehead atoms. The van der Waals surface area contributed by atoms with E-state index < -0.39 is 6.16 Å². The van der Waals surface area contributed by atoms with Gasteiger partial charge in [-0.15, -0.1) is 0 Å². The van der Waals surface area contributed by atoms with Crippen LogP contribution in [0, 0.1) is 46.3 Å². The summed E-state index contributed by atoms with van der Waals surface area (Å²) >= 11 is 0. The van der Waals surface area contributed by atoms with E-state index in [2.05, 4.69) is 64.7 Å². The summed E-state index contributed by atoms with van der Waals surface area (Å²) in [5.74, 6) is 4.99. The van der Waals surface area contributed by atoms with Crippen LogP contribution in [-0.2, 0) is 23.7 Å². The SMILES string of the molecule is CCCCCCCC/C=C\CCCCCCCCOCC(CN1CCOCC1)OCCOC(=O)OC1CCC2(C)C(=CC[C@@H]3[C@H]2CC[C@]2(C)[C@@H](C(C)CCCC(C)C)CC[C@@H]32)C1. The first-order chi connectivity index (χ1) is 30.1. The molecule has 5 aliphatic rings. The molecule has 358 valence electrons. The molecule has 0 aromatic rings. The zero-order chi connectivity index (χ0) is 44.0. The van der Waals surface area contributed by atoms with Crippen LogP contribution in [0.25, 0.3) is 0 Å². The fraction of sp³-hybridized carbons (Fsp3) is 0.909. The standard InChI is InChI=1S/C55H97NO6/c1-7-8-9-10-11-12-13-14-15-16-17-18-19-20-21-22-36-59-43-48(42-56-34-37-58-38-35-56)60-39-40-61-53(57)62-47-30-32-54(5)46(41-47)26-27-49-51-29-28-50(45(4)25-23-24-44(2)3)55(51,6)33-31-52(49)54/h14-15,26,44-45,47-52H,7-13,16-25,27-43H2,1-6H3/b15-14-/t45?,47?,48?,49-,50+,51-,52+,54?,55+/m0/s1. The van der Waals surface area contributed by atoms with Gasteiger partial charge in [0.15, 0.2) is 0 Å². The van der Waals surface area contributed by atoms with Crippen molar-refractivity contribution in [3.63, 3.8) is 0 Å². The van der Waals surface area contributed by atoms with Crippen LogP contribution in [0.4, 0.5) is 4.79 Å². The Labute approximate surface area is 382 Å². The molecule has 0 spiro atoms. The van der Waals surface area contributed by atoms with Crippen molar-refractivity contribution < 1.29 is 28.5 Å². The minimum absolute atomic E-state index is 0.0641. The molecule has 0 aromatic heterocycles. The predicted molar refractivity (Wildman–Crippen MR) is 257 cm³/mol. The van der Waals surface area contributed by atoms with Crippen LogP contribution in [0.1, 0.15) is 202 Å². The van der Waals surface area contributed by atoms with Crippen molar-refractivity contribution in [2.75, 3.05) is 59.3 Å². The number of carbonyl (C=O) groups is 1. The molecule has 7 nitrogen and oxygen atoms in total. The van der Waals surface area contributed by atoms with Crippen LogP contribution in [0.5, 0.6) is 0 Å². The maximum atomic E-state index is 13.0. The zero-order valence-electron chi connectivity index (χ0n) is 41.3. The van der Waals surface area contributed by atoms with Crippen molar-refractivity contribution in [1.82, 2.24) is 4.90 Å². The van der Waals surface area contributed by atoms with Crippen molar-refractivity contribution in [2.24, 2.45) is 46.3 Å². The second kappa shape index (κ2) is 27.9. The summed E-state index contributed by atoms with van der Waals surface area (Å²) in [6.07, 6.45) is 38.9. The van der Waals surface area contributed by atoms with Gasteiger partial charge in [0, 0.05) is 32.7 Å². The van der Waals surface area contributed by atoms with Crippen LogP contribution < -0.4 is 0 Å². The highest BCUT2D eigenvalue weighted by atomic mass is 16.7. The monoisotopic (exact) mass is 868 g/mol. The highest BCUT2D eigenvalue weighted by Crippen LogP contribution is 2.67. The molecule has 62 heavy (non-hydrogen) atoms. The van der Waals surface area contributed by atoms with Crippen LogP contribution in [0.3, 0.4) is 0 Å². The van der Waals surface area contributed by atoms with Crippen molar-refractivity contribution >= 4 is 6.16 Å². The van der Waals surface area contributed by atoms with Gasteiger partial charge in [-0.2, -0.15) is 0 Å². The van der Waals surface area contributed by atoms with Gasteiger partial charge in [0.1, 0.15) is 12.7 Å². The minimum atomic E-state index is -0.551. The Bertz CT molecular complexity index is 1290. The maximum Gasteiger partial charge on any atom is 0.508 e. The van der Waals surface area contributed by atoms with E-state index in [1.165, 1.54) is 135 Å². The summed E-state index contributed by atoms with van der Waals surface area (Å²) in [4.78, 5) is 15.4. The first-order valence-electron chi connectivity index (χ1n) is 26.8. The third-order valence-corrected chi connectivity index (χ3v) is 16.8. The summed E-state index contributed by atoms with van der Waals surface area (Å²) in [6.45, 7) is 20.8. The number of hydrogen-bond acceptors (Lipinski definition) is 7. The molecule has 7 heteroatoms. The summed E-state index contributed by atoms with van der Waals surface area (Å²) in [5.41, 5.74) is 2.30. The average molecular weight is 868 g/mol. The number of nitrogens with zero attached hydrogens (tertiary/aromatic N) is 1. The van der Waals surface area contributed by atoms with Crippen LogP contribution in [0.2, 0.25) is 0 Å². The fourth-order valence-electron chi connectivity index (χ4n) is 13.2. The molecule has 1 aliphatic heterocycles. The van der Waals surface area contributed by atoms with Gasteiger partial charge >= 0.3 is 6.16 Å². The number of morpholine rings is 1. The quantitative estimate of drug-likeness (QED) is 0.0405. The van der Waals surface area contributed by atoms with E-state index in [1.54, 1.807) is 5.57 Å². The van der Waals surface area contributed by atoms with Gasteiger partial charge in [-0.25, -0.2) is 4.79 Å².